The molecule has 3 rings (SSSR count). The lowest BCUT2D eigenvalue weighted by Crippen LogP contribution is -1.95. The lowest BCUT2D eigenvalue weighted by Gasteiger charge is -2.05. The first kappa shape index (κ1) is 13.2. The SMILES string of the molecule is COc1cccc(COc2cnn(-c3ccccc3)c2)c1. The summed E-state index contributed by atoms with van der Waals surface area (Å²) in [5.41, 5.74) is 2.07. The van der Waals surface area contributed by atoms with Gasteiger partial charge < -0.3 is 9.47 Å². The van der Waals surface area contributed by atoms with E-state index in [2.05, 4.69) is 5.10 Å². The summed E-state index contributed by atoms with van der Waals surface area (Å²) >= 11 is 0. The van der Waals surface area contributed by atoms with Crippen molar-refractivity contribution in [2.45, 2.75) is 6.61 Å². The highest BCUT2D eigenvalue weighted by molar-refractivity contribution is 5.32. The number of nitrogens with zero attached hydrogens (tertiary/aromatic N) is 2. The number of aromatic nitrogens is 2. The Morgan fingerprint density at radius 3 is 2.67 bits per heavy atom. The number of benzene rings is 2. The van der Waals surface area contributed by atoms with Gasteiger partial charge in [-0.15, -0.1) is 0 Å². The summed E-state index contributed by atoms with van der Waals surface area (Å²) in [5.74, 6) is 1.57. The summed E-state index contributed by atoms with van der Waals surface area (Å²) in [5, 5.41) is 4.30. The van der Waals surface area contributed by atoms with Crippen molar-refractivity contribution in [1.82, 2.24) is 9.78 Å². The number of para-hydroxylation sites is 1. The van der Waals surface area contributed by atoms with E-state index in [1.54, 1.807) is 18.0 Å². The molecule has 0 amide bonds. The van der Waals surface area contributed by atoms with Crippen molar-refractivity contribution >= 4 is 0 Å². The molecule has 1 aromatic heterocycles. The molecule has 3 aromatic rings. The first-order chi connectivity index (χ1) is 10.3. The van der Waals surface area contributed by atoms with Gasteiger partial charge in [-0.2, -0.15) is 5.10 Å². The van der Waals surface area contributed by atoms with E-state index in [-0.39, 0.29) is 0 Å². The van der Waals surface area contributed by atoms with Crippen molar-refractivity contribution in [2.24, 2.45) is 0 Å². The molecule has 0 saturated carbocycles. The predicted octanol–water partition coefficient (Wildman–Crippen LogP) is 3.46. The maximum atomic E-state index is 5.75. The minimum atomic E-state index is 0.484. The number of rotatable bonds is 5. The Kier molecular flexibility index (Phi) is 3.87. The normalized spacial score (nSPS) is 10.3. The highest BCUT2D eigenvalue weighted by atomic mass is 16.5. The van der Waals surface area contributed by atoms with Gasteiger partial charge in [0.2, 0.25) is 0 Å². The zero-order valence-corrected chi connectivity index (χ0v) is 11.8. The van der Waals surface area contributed by atoms with E-state index < -0.39 is 0 Å². The Hall–Kier alpha value is -2.75. The largest absolute Gasteiger partial charge is 0.497 e. The van der Waals surface area contributed by atoms with Crippen LogP contribution in [0.2, 0.25) is 0 Å². The van der Waals surface area contributed by atoms with Crippen molar-refractivity contribution in [3.8, 4) is 17.2 Å². The van der Waals surface area contributed by atoms with Crippen LogP contribution in [0.4, 0.5) is 0 Å². The van der Waals surface area contributed by atoms with Crippen molar-refractivity contribution in [2.75, 3.05) is 7.11 Å². The molecule has 0 spiro atoms. The lowest BCUT2D eigenvalue weighted by atomic mass is 10.2. The molecule has 0 atom stereocenters. The van der Waals surface area contributed by atoms with Gasteiger partial charge in [0.1, 0.15) is 12.4 Å². The molecule has 0 unspecified atom stereocenters. The number of hydrogen-bond donors (Lipinski definition) is 0. The number of hydrogen-bond acceptors (Lipinski definition) is 3. The summed E-state index contributed by atoms with van der Waals surface area (Å²) in [7, 11) is 1.66. The second-order valence-electron chi connectivity index (χ2n) is 4.60. The van der Waals surface area contributed by atoms with Crippen molar-refractivity contribution in [3.05, 3.63) is 72.6 Å². The molecule has 0 saturated heterocycles. The standard InChI is InChI=1S/C17H16N2O2/c1-20-16-9-5-6-14(10-16)13-21-17-11-18-19(12-17)15-7-3-2-4-8-15/h2-12H,13H2,1H3. The zero-order chi connectivity index (χ0) is 14.5. The molecule has 21 heavy (non-hydrogen) atoms. The van der Waals surface area contributed by atoms with E-state index in [0.29, 0.717) is 6.61 Å². The van der Waals surface area contributed by atoms with Gasteiger partial charge in [-0.25, -0.2) is 4.68 Å². The minimum absolute atomic E-state index is 0.484. The van der Waals surface area contributed by atoms with Gasteiger partial charge >= 0.3 is 0 Å². The van der Waals surface area contributed by atoms with Gasteiger partial charge in [-0.05, 0) is 29.8 Å². The summed E-state index contributed by atoms with van der Waals surface area (Å²) < 4.78 is 12.7. The quantitative estimate of drug-likeness (QED) is 0.718. The maximum absolute atomic E-state index is 5.75. The van der Waals surface area contributed by atoms with Crippen LogP contribution in [-0.2, 0) is 6.61 Å². The maximum Gasteiger partial charge on any atom is 0.158 e. The molecule has 4 nitrogen and oxygen atoms in total. The summed E-state index contributed by atoms with van der Waals surface area (Å²) in [4.78, 5) is 0. The third kappa shape index (κ3) is 3.23. The fraction of sp³-hybridized carbons (Fsp3) is 0.118. The van der Waals surface area contributed by atoms with Gasteiger partial charge in [0.05, 0.1) is 25.2 Å². The molecule has 4 heteroatoms. The Balaban J connectivity index is 1.67. The van der Waals surface area contributed by atoms with E-state index in [1.165, 1.54) is 0 Å². The third-order valence-corrected chi connectivity index (χ3v) is 3.12. The van der Waals surface area contributed by atoms with Crippen LogP contribution in [0.15, 0.2) is 67.0 Å². The Labute approximate surface area is 123 Å². The van der Waals surface area contributed by atoms with Gasteiger partial charge in [0.15, 0.2) is 5.75 Å². The second-order valence-corrected chi connectivity index (χ2v) is 4.60. The van der Waals surface area contributed by atoms with E-state index in [1.807, 2.05) is 60.8 Å². The molecule has 1 heterocycles. The molecule has 106 valence electrons. The number of ether oxygens (including phenoxy) is 2. The fourth-order valence-corrected chi connectivity index (χ4v) is 2.03. The molecule has 2 aromatic carbocycles. The monoisotopic (exact) mass is 280 g/mol. The van der Waals surface area contributed by atoms with Gasteiger partial charge in [0.25, 0.3) is 0 Å². The second kappa shape index (κ2) is 6.13. The molecule has 0 aliphatic heterocycles. The molecule has 0 aliphatic rings. The van der Waals surface area contributed by atoms with Crippen molar-refractivity contribution < 1.29 is 9.47 Å². The Morgan fingerprint density at radius 2 is 1.86 bits per heavy atom. The molecular weight excluding hydrogens is 264 g/mol. The van der Waals surface area contributed by atoms with Gasteiger partial charge in [-0.3, -0.25) is 0 Å². The minimum Gasteiger partial charge on any atom is -0.497 e. The smallest absolute Gasteiger partial charge is 0.158 e. The van der Waals surface area contributed by atoms with Crippen molar-refractivity contribution in [1.29, 1.82) is 0 Å². The van der Waals surface area contributed by atoms with Crippen LogP contribution in [-0.4, -0.2) is 16.9 Å². The van der Waals surface area contributed by atoms with E-state index in [0.717, 1.165) is 22.7 Å². The van der Waals surface area contributed by atoms with Crippen LogP contribution in [0.3, 0.4) is 0 Å². The third-order valence-electron chi connectivity index (χ3n) is 3.12. The highest BCUT2D eigenvalue weighted by Gasteiger charge is 2.02. The van der Waals surface area contributed by atoms with Crippen LogP contribution in [0.1, 0.15) is 5.56 Å². The molecule has 0 aliphatic carbocycles. The average Bonchev–Trinajstić information content (AvgIpc) is 3.03. The van der Waals surface area contributed by atoms with E-state index in [4.69, 9.17) is 9.47 Å². The van der Waals surface area contributed by atoms with Crippen LogP contribution in [0.5, 0.6) is 11.5 Å². The van der Waals surface area contributed by atoms with Gasteiger partial charge in [0, 0.05) is 0 Å². The molecule has 0 radical (unpaired) electrons. The molecular formula is C17H16N2O2. The fourth-order valence-electron chi connectivity index (χ4n) is 2.03. The topological polar surface area (TPSA) is 36.3 Å². The lowest BCUT2D eigenvalue weighted by molar-refractivity contribution is 0.305. The Morgan fingerprint density at radius 1 is 1.00 bits per heavy atom. The molecule has 0 fully saturated rings. The van der Waals surface area contributed by atoms with Crippen LogP contribution < -0.4 is 9.47 Å². The first-order valence-corrected chi connectivity index (χ1v) is 6.71. The van der Waals surface area contributed by atoms with E-state index >= 15 is 0 Å². The van der Waals surface area contributed by atoms with Crippen LogP contribution >= 0.6 is 0 Å². The summed E-state index contributed by atoms with van der Waals surface area (Å²) in [6.07, 6.45) is 3.59. The summed E-state index contributed by atoms with van der Waals surface area (Å²) in [6.45, 7) is 0.484. The zero-order valence-electron chi connectivity index (χ0n) is 11.8. The van der Waals surface area contributed by atoms with E-state index in [9.17, 15) is 0 Å². The molecule has 0 bridgehead atoms. The summed E-state index contributed by atoms with van der Waals surface area (Å²) in [6, 6.07) is 17.8. The van der Waals surface area contributed by atoms with Crippen LogP contribution in [0, 0.1) is 0 Å². The average molecular weight is 280 g/mol. The first-order valence-electron chi connectivity index (χ1n) is 6.71. The highest BCUT2D eigenvalue weighted by Crippen LogP contribution is 2.17. The Bertz CT molecular complexity index is 708. The number of methoxy groups -OCH3 is 1. The van der Waals surface area contributed by atoms with Crippen molar-refractivity contribution in [3.63, 3.8) is 0 Å². The van der Waals surface area contributed by atoms with Gasteiger partial charge in [-0.1, -0.05) is 30.3 Å². The van der Waals surface area contributed by atoms with Crippen LogP contribution in [0.25, 0.3) is 5.69 Å². The molecule has 0 N–H and O–H groups in total. The predicted molar refractivity (Wildman–Crippen MR) is 80.9 cm³/mol.